The second-order valence-corrected chi connectivity index (χ2v) is 4.88. The maximum Gasteiger partial charge on any atom is 0.251 e. The van der Waals surface area contributed by atoms with Gasteiger partial charge in [0.25, 0.3) is 5.91 Å². The predicted molar refractivity (Wildman–Crippen MR) is 67.0 cm³/mol. The van der Waals surface area contributed by atoms with Crippen molar-refractivity contribution in [2.45, 2.75) is 6.42 Å². The minimum atomic E-state index is -0.893. The lowest BCUT2D eigenvalue weighted by Gasteiger charge is -1.99. The number of aliphatic hydroxyl groups excluding tert-OH is 1. The molecule has 4 nitrogen and oxygen atoms in total. The number of hydrogen-bond donors (Lipinski definition) is 2. The van der Waals surface area contributed by atoms with Gasteiger partial charge in [-0.25, -0.2) is 13.8 Å². The molecule has 19 heavy (non-hydrogen) atoms. The summed E-state index contributed by atoms with van der Waals surface area (Å²) in [7, 11) is 0. The van der Waals surface area contributed by atoms with Crippen LogP contribution in [-0.2, 0) is 11.2 Å². The molecule has 0 aliphatic heterocycles. The first-order chi connectivity index (χ1) is 9.08. The van der Waals surface area contributed by atoms with Crippen molar-refractivity contribution >= 4 is 22.4 Å². The summed E-state index contributed by atoms with van der Waals surface area (Å²) in [6.07, 6.45) is 1.93. The molecule has 2 N–H and O–H groups in total. The van der Waals surface area contributed by atoms with Gasteiger partial charge in [-0.2, -0.15) is 0 Å². The highest BCUT2D eigenvalue weighted by Crippen LogP contribution is 2.21. The van der Waals surface area contributed by atoms with Crippen molar-refractivity contribution in [2.75, 3.05) is 11.9 Å². The molecule has 0 saturated heterocycles. The van der Waals surface area contributed by atoms with Crippen molar-refractivity contribution in [3.05, 3.63) is 46.5 Å². The molecule has 0 bridgehead atoms. The molecule has 0 radical (unpaired) electrons. The van der Waals surface area contributed by atoms with E-state index in [4.69, 9.17) is 5.11 Å². The molecule has 1 aromatic heterocycles. The lowest BCUT2D eigenvalue weighted by atomic mass is 10.1. The van der Waals surface area contributed by atoms with Crippen LogP contribution in [-0.4, -0.2) is 22.6 Å². The molecule has 0 aliphatic carbocycles. The van der Waals surface area contributed by atoms with Gasteiger partial charge in [-0.1, -0.05) is 6.07 Å². The first-order valence-electron chi connectivity index (χ1n) is 5.38. The quantitative estimate of drug-likeness (QED) is 0.902. The minimum absolute atomic E-state index is 0.358. The van der Waals surface area contributed by atoms with Gasteiger partial charge >= 0.3 is 0 Å². The predicted octanol–water partition coefficient (Wildman–Crippen LogP) is 1.94. The number of benzene rings is 1. The van der Waals surface area contributed by atoms with Crippen LogP contribution in [0.5, 0.6) is 0 Å². The second kappa shape index (κ2) is 5.85. The maximum atomic E-state index is 13.0. The molecule has 2 aromatic rings. The summed E-state index contributed by atoms with van der Waals surface area (Å²) in [5.74, 6) is -2.33. The lowest BCUT2D eigenvalue weighted by molar-refractivity contribution is -0.118. The molecule has 1 aromatic carbocycles. The first kappa shape index (κ1) is 13.6. The van der Waals surface area contributed by atoms with Gasteiger partial charge < -0.3 is 5.11 Å². The average Bonchev–Trinajstić information content (AvgIpc) is 2.81. The van der Waals surface area contributed by atoms with Crippen LogP contribution in [0.1, 0.15) is 10.4 Å². The number of thiazole rings is 1. The van der Waals surface area contributed by atoms with Crippen LogP contribution in [0.2, 0.25) is 0 Å². The molecule has 0 atom stereocenters. The highest BCUT2D eigenvalue weighted by Gasteiger charge is 2.08. The summed E-state index contributed by atoms with van der Waals surface area (Å²) in [5, 5.41) is 11.3. The van der Waals surface area contributed by atoms with Gasteiger partial charge in [-0.3, -0.25) is 10.1 Å². The summed E-state index contributed by atoms with van der Waals surface area (Å²) in [6, 6.07) is 3.69. The molecule has 100 valence electrons. The van der Waals surface area contributed by atoms with Crippen molar-refractivity contribution in [1.29, 1.82) is 0 Å². The Balaban J connectivity index is 2.07. The van der Waals surface area contributed by atoms with E-state index in [1.54, 1.807) is 6.20 Å². The number of hydrogen-bond acceptors (Lipinski definition) is 4. The third-order valence-electron chi connectivity index (χ3n) is 2.31. The van der Waals surface area contributed by atoms with Gasteiger partial charge in [0.15, 0.2) is 16.8 Å². The number of aromatic nitrogens is 1. The molecule has 0 fully saturated rings. The Bertz CT molecular complexity index is 601. The van der Waals surface area contributed by atoms with Crippen LogP contribution in [0.3, 0.4) is 0 Å². The fourth-order valence-corrected chi connectivity index (χ4v) is 2.32. The van der Waals surface area contributed by atoms with E-state index >= 15 is 0 Å². The average molecular weight is 284 g/mol. The van der Waals surface area contributed by atoms with Crippen LogP contribution in [0.4, 0.5) is 13.9 Å². The number of nitrogens with zero attached hydrogens (tertiary/aromatic N) is 1. The molecule has 0 aliphatic rings. The van der Waals surface area contributed by atoms with Gasteiger partial charge in [0, 0.05) is 17.5 Å². The number of nitrogens with one attached hydrogen (secondary N) is 1. The van der Waals surface area contributed by atoms with E-state index in [0.717, 1.165) is 17.0 Å². The molecule has 0 spiro atoms. The number of amides is 1. The number of anilines is 1. The topological polar surface area (TPSA) is 62.2 Å². The van der Waals surface area contributed by atoms with E-state index in [0.29, 0.717) is 17.1 Å². The van der Waals surface area contributed by atoms with E-state index in [9.17, 15) is 13.6 Å². The van der Waals surface area contributed by atoms with Gasteiger partial charge in [0.2, 0.25) is 0 Å². The second-order valence-electron chi connectivity index (χ2n) is 3.76. The fourth-order valence-electron chi connectivity index (χ4n) is 1.46. The molecule has 0 unspecified atom stereocenters. The Labute approximate surface area is 111 Å². The first-order valence-corrected chi connectivity index (χ1v) is 6.19. The van der Waals surface area contributed by atoms with Gasteiger partial charge in [-0.15, -0.1) is 11.3 Å². The number of rotatable bonds is 4. The van der Waals surface area contributed by atoms with Crippen LogP contribution in [0.25, 0.3) is 0 Å². The molecule has 1 amide bonds. The summed E-state index contributed by atoms with van der Waals surface area (Å²) < 4.78 is 25.8. The Morgan fingerprint density at radius 2 is 2.16 bits per heavy atom. The summed E-state index contributed by atoms with van der Waals surface area (Å²) in [5.41, 5.74) is 0.614. The molecule has 7 heteroatoms. The summed E-state index contributed by atoms with van der Waals surface area (Å²) in [4.78, 5) is 15.7. The highest BCUT2D eigenvalue weighted by atomic mass is 32.1. The fraction of sp³-hybridized carbons (Fsp3) is 0.167. The standard InChI is InChI=1S/C12H10F2N2O2S/c13-9-2-1-7(4-10(9)14)3-8-5-15-12(19-8)16-11(18)6-17/h1-2,4-5,17H,3,6H2,(H,15,16,18). The molecular weight excluding hydrogens is 274 g/mol. The number of aliphatic hydroxyl groups is 1. The van der Waals surface area contributed by atoms with E-state index in [1.807, 2.05) is 0 Å². The number of halogens is 2. The SMILES string of the molecule is O=C(CO)Nc1ncc(Cc2ccc(F)c(F)c2)s1. The lowest BCUT2D eigenvalue weighted by Crippen LogP contribution is -2.14. The van der Waals surface area contributed by atoms with Crippen LogP contribution < -0.4 is 5.32 Å². The highest BCUT2D eigenvalue weighted by molar-refractivity contribution is 7.15. The van der Waals surface area contributed by atoms with Crippen molar-refractivity contribution in [1.82, 2.24) is 4.98 Å². The Hall–Kier alpha value is -1.86. The van der Waals surface area contributed by atoms with Crippen LogP contribution >= 0.6 is 11.3 Å². The minimum Gasteiger partial charge on any atom is -0.387 e. The number of carbonyl (C=O) groups is 1. The molecule has 0 saturated carbocycles. The largest absolute Gasteiger partial charge is 0.387 e. The summed E-state index contributed by atoms with van der Waals surface area (Å²) >= 11 is 1.21. The van der Waals surface area contributed by atoms with Crippen molar-refractivity contribution < 1.29 is 18.7 Å². The Kier molecular flexibility index (Phi) is 4.18. The van der Waals surface area contributed by atoms with Crippen LogP contribution in [0.15, 0.2) is 24.4 Å². The maximum absolute atomic E-state index is 13.0. The van der Waals surface area contributed by atoms with Gasteiger partial charge in [0.05, 0.1) is 0 Å². The zero-order valence-electron chi connectivity index (χ0n) is 9.69. The van der Waals surface area contributed by atoms with Gasteiger partial charge in [-0.05, 0) is 17.7 Å². The zero-order chi connectivity index (χ0) is 13.8. The normalized spacial score (nSPS) is 10.5. The van der Waals surface area contributed by atoms with E-state index in [2.05, 4.69) is 10.3 Å². The smallest absolute Gasteiger partial charge is 0.251 e. The van der Waals surface area contributed by atoms with Crippen molar-refractivity contribution in [3.8, 4) is 0 Å². The van der Waals surface area contributed by atoms with Gasteiger partial charge in [0.1, 0.15) is 6.61 Å². The molecule has 1 heterocycles. The van der Waals surface area contributed by atoms with E-state index in [-0.39, 0.29) is 0 Å². The Morgan fingerprint density at radius 1 is 1.37 bits per heavy atom. The Morgan fingerprint density at radius 3 is 2.84 bits per heavy atom. The van der Waals surface area contributed by atoms with E-state index < -0.39 is 24.1 Å². The third kappa shape index (κ3) is 3.55. The number of carbonyl (C=O) groups excluding carboxylic acids is 1. The van der Waals surface area contributed by atoms with Crippen molar-refractivity contribution in [2.24, 2.45) is 0 Å². The van der Waals surface area contributed by atoms with Crippen LogP contribution in [0, 0.1) is 11.6 Å². The third-order valence-corrected chi connectivity index (χ3v) is 3.22. The summed E-state index contributed by atoms with van der Waals surface area (Å²) in [6.45, 7) is -0.613. The molecule has 2 rings (SSSR count). The zero-order valence-corrected chi connectivity index (χ0v) is 10.5. The van der Waals surface area contributed by atoms with E-state index in [1.165, 1.54) is 17.4 Å². The van der Waals surface area contributed by atoms with Crippen molar-refractivity contribution in [3.63, 3.8) is 0 Å². The molecular formula is C12H10F2N2O2S. The monoisotopic (exact) mass is 284 g/mol.